The van der Waals surface area contributed by atoms with Crippen LogP contribution in [0.5, 0.6) is 11.5 Å². The molecule has 0 radical (unpaired) electrons. The lowest BCUT2D eigenvalue weighted by Gasteiger charge is -2.48. The number of halogens is 2. The van der Waals surface area contributed by atoms with Crippen LogP contribution in [0.1, 0.15) is 47.2 Å². The maximum atomic E-state index is 13.4. The van der Waals surface area contributed by atoms with Gasteiger partial charge in [0.1, 0.15) is 23.9 Å². The molecule has 40 heavy (non-hydrogen) atoms. The Bertz CT molecular complexity index is 1410. The second kappa shape index (κ2) is 12.7. The van der Waals surface area contributed by atoms with E-state index in [4.69, 9.17) is 9.47 Å². The number of rotatable bonds is 11. The van der Waals surface area contributed by atoms with E-state index in [1.807, 2.05) is 48.5 Å². The third-order valence-corrected chi connectivity index (χ3v) is 8.02. The van der Waals surface area contributed by atoms with Gasteiger partial charge in [0.25, 0.3) is 0 Å². The van der Waals surface area contributed by atoms with Crippen LogP contribution in [0.2, 0.25) is 0 Å². The van der Waals surface area contributed by atoms with Crippen molar-refractivity contribution in [2.45, 2.75) is 36.9 Å². The van der Waals surface area contributed by atoms with Crippen LogP contribution in [0.4, 0.5) is 10.1 Å². The van der Waals surface area contributed by atoms with Crippen molar-refractivity contribution in [3.63, 3.8) is 0 Å². The summed E-state index contributed by atoms with van der Waals surface area (Å²) in [6.07, 6.45) is 0.122. The molecule has 1 amide bonds. The summed E-state index contributed by atoms with van der Waals surface area (Å²) in [4.78, 5) is 15.3. The molecule has 0 bridgehead atoms. The zero-order chi connectivity index (χ0) is 28.1. The van der Waals surface area contributed by atoms with Crippen LogP contribution in [0.25, 0.3) is 0 Å². The topological polar surface area (TPSA) is 59.0 Å². The van der Waals surface area contributed by atoms with E-state index in [0.717, 1.165) is 33.6 Å². The molecule has 0 spiro atoms. The number of methoxy groups -OCH3 is 1. The minimum Gasteiger partial charge on any atom is -0.497 e. The molecule has 5 nitrogen and oxygen atoms in total. The number of hydrogen-bond donors (Lipinski definition) is 1. The first-order valence-electron chi connectivity index (χ1n) is 13.2. The van der Waals surface area contributed by atoms with E-state index in [1.54, 1.807) is 24.1 Å². The smallest absolute Gasteiger partial charge is 0.233 e. The number of benzene rings is 4. The van der Waals surface area contributed by atoms with Crippen LogP contribution in [0.15, 0.2) is 97.1 Å². The number of anilines is 1. The number of ether oxygens (including phenoxy) is 2. The Morgan fingerprint density at radius 2 is 1.50 bits per heavy atom. The van der Waals surface area contributed by atoms with Crippen molar-refractivity contribution in [1.29, 1.82) is 0 Å². The summed E-state index contributed by atoms with van der Waals surface area (Å²) in [7, 11) is 1.62. The van der Waals surface area contributed by atoms with Crippen molar-refractivity contribution >= 4 is 27.5 Å². The molecule has 1 aliphatic heterocycles. The first-order chi connectivity index (χ1) is 19.5. The lowest BCUT2D eigenvalue weighted by Crippen LogP contribution is -2.55. The number of hydrogen-bond acceptors (Lipinski definition) is 4. The molecule has 0 aliphatic carbocycles. The van der Waals surface area contributed by atoms with Gasteiger partial charge in [0.2, 0.25) is 5.91 Å². The van der Waals surface area contributed by atoms with Crippen LogP contribution in [0, 0.1) is 11.7 Å². The zero-order valence-corrected chi connectivity index (χ0v) is 23.8. The molecule has 1 saturated heterocycles. The van der Waals surface area contributed by atoms with Crippen molar-refractivity contribution in [3.05, 3.63) is 125 Å². The second-order valence-electron chi connectivity index (χ2n) is 9.91. The van der Waals surface area contributed by atoms with Crippen LogP contribution >= 0.6 is 15.9 Å². The minimum absolute atomic E-state index is 0.00711. The zero-order valence-electron chi connectivity index (χ0n) is 22.2. The summed E-state index contributed by atoms with van der Waals surface area (Å²) in [5, 5.41) is 11.5. The van der Waals surface area contributed by atoms with Gasteiger partial charge in [-0.1, -0.05) is 64.5 Å². The SMILES string of the molecule is COc1ccc(C2C(CCC(O)c3ccc(F)cc3)C(=O)N2c2ccc(OCc3ccc(CBr)cc3)cc2)cc1. The summed E-state index contributed by atoms with van der Waals surface area (Å²) in [5.74, 6) is 0.837. The maximum Gasteiger partial charge on any atom is 0.233 e. The summed E-state index contributed by atoms with van der Waals surface area (Å²) in [5.41, 5.74) is 4.71. The molecule has 1 fully saturated rings. The van der Waals surface area contributed by atoms with Crippen molar-refractivity contribution in [3.8, 4) is 11.5 Å². The van der Waals surface area contributed by atoms with Gasteiger partial charge in [0.15, 0.2) is 0 Å². The predicted molar refractivity (Wildman–Crippen MR) is 157 cm³/mol. The standard InChI is InChI=1S/C33H31BrFNO4/c1-39-28-14-8-25(9-15-28)32-30(18-19-31(37)24-6-10-26(35)11-7-24)33(38)36(32)27-12-16-29(17-13-27)40-21-23-4-2-22(20-34)3-5-23/h2-17,30-32,37H,18-21H2,1H3. The normalized spacial score (nSPS) is 17.3. The number of amides is 1. The molecule has 0 aromatic heterocycles. The molecule has 206 valence electrons. The van der Waals surface area contributed by atoms with Gasteiger partial charge in [-0.25, -0.2) is 4.39 Å². The highest BCUT2D eigenvalue weighted by molar-refractivity contribution is 9.08. The number of alkyl halides is 1. The highest BCUT2D eigenvalue weighted by Crippen LogP contribution is 2.46. The van der Waals surface area contributed by atoms with Gasteiger partial charge >= 0.3 is 0 Å². The van der Waals surface area contributed by atoms with E-state index in [9.17, 15) is 14.3 Å². The number of aliphatic hydroxyl groups is 1. The number of carbonyl (C=O) groups excluding carboxylic acids is 1. The Balaban J connectivity index is 1.29. The second-order valence-corrected chi connectivity index (χ2v) is 10.5. The van der Waals surface area contributed by atoms with Crippen LogP contribution in [-0.2, 0) is 16.7 Å². The Morgan fingerprint density at radius 1 is 0.875 bits per heavy atom. The first kappa shape index (κ1) is 27.9. The summed E-state index contributed by atoms with van der Waals surface area (Å²) >= 11 is 3.46. The summed E-state index contributed by atoms with van der Waals surface area (Å²) in [6.45, 7) is 0.456. The van der Waals surface area contributed by atoms with Crippen LogP contribution in [-0.4, -0.2) is 18.1 Å². The summed E-state index contributed by atoms with van der Waals surface area (Å²) in [6, 6.07) is 29.2. The number of β-lactam (4-membered cyclic amide) rings is 1. The largest absolute Gasteiger partial charge is 0.497 e. The molecule has 1 aliphatic rings. The molecule has 7 heteroatoms. The van der Waals surface area contributed by atoms with Gasteiger partial charge in [0.05, 0.1) is 25.2 Å². The molecule has 1 heterocycles. The van der Waals surface area contributed by atoms with Crippen molar-refractivity contribution in [2.24, 2.45) is 5.92 Å². The molecule has 4 aromatic rings. The minimum atomic E-state index is -0.772. The van der Waals surface area contributed by atoms with Gasteiger partial charge in [0, 0.05) is 11.0 Å². The van der Waals surface area contributed by atoms with E-state index in [-0.39, 0.29) is 23.7 Å². The Morgan fingerprint density at radius 3 is 2.12 bits per heavy atom. The Labute approximate surface area is 242 Å². The van der Waals surface area contributed by atoms with E-state index in [2.05, 4.69) is 40.2 Å². The fourth-order valence-corrected chi connectivity index (χ4v) is 5.46. The Hall–Kier alpha value is -3.68. The molecule has 3 unspecified atom stereocenters. The monoisotopic (exact) mass is 603 g/mol. The average molecular weight is 605 g/mol. The predicted octanol–water partition coefficient (Wildman–Crippen LogP) is 7.53. The van der Waals surface area contributed by atoms with Crippen LogP contribution < -0.4 is 14.4 Å². The Kier molecular flexibility index (Phi) is 8.82. The van der Waals surface area contributed by atoms with Crippen molar-refractivity contribution in [2.75, 3.05) is 12.0 Å². The maximum absolute atomic E-state index is 13.4. The fraction of sp³-hybridized carbons (Fsp3) is 0.242. The first-order valence-corrected chi connectivity index (χ1v) is 14.4. The number of carbonyl (C=O) groups is 1. The molecule has 4 aromatic carbocycles. The number of aliphatic hydroxyl groups excluding tert-OH is 1. The molecular formula is C33H31BrFNO4. The average Bonchev–Trinajstić information content (AvgIpc) is 3.00. The van der Waals surface area contributed by atoms with E-state index in [1.165, 1.54) is 17.7 Å². The molecule has 0 saturated carbocycles. The van der Waals surface area contributed by atoms with Gasteiger partial charge in [-0.05, 0) is 83.6 Å². The highest BCUT2D eigenvalue weighted by Gasteiger charge is 2.48. The lowest BCUT2D eigenvalue weighted by molar-refractivity contribution is -0.131. The highest BCUT2D eigenvalue weighted by atomic mass is 79.9. The van der Waals surface area contributed by atoms with Crippen LogP contribution in [0.3, 0.4) is 0 Å². The van der Waals surface area contributed by atoms with Gasteiger partial charge in [-0.2, -0.15) is 0 Å². The molecule has 1 N–H and O–H groups in total. The molecule has 5 rings (SSSR count). The van der Waals surface area contributed by atoms with Gasteiger partial charge in [-0.15, -0.1) is 0 Å². The number of nitrogens with zero attached hydrogens (tertiary/aromatic N) is 1. The van der Waals surface area contributed by atoms with Crippen molar-refractivity contribution < 1.29 is 23.8 Å². The van der Waals surface area contributed by atoms with E-state index in [0.29, 0.717) is 25.0 Å². The van der Waals surface area contributed by atoms with Crippen molar-refractivity contribution in [1.82, 2.24) is 0 Å². The molecular weight excluding hydrogens is 573 g/mol. The quantitative estimate of drug-likeness (QED) is 0.142. The third-order valence-electron chi connectivity index (χ3n) is 7.37. The molecule has 3 atom stereocenters. The van der Waals surface area contributed by atoms with Gasteiger partial charge < -0.3 is 19.5 Å². The lowest BCUT2D eigenvalue weighted by atomic mass is 9.78. The fourth-order valence-electron chi connectivity index (χ4n) is 5.08. The van der Waals surface area contributed by atoms with E-state index < -0.39 is 6.10 Å². The third kappa shape index (κ3) is 6.21. The van der Waals surface area contributed by atoms with E-state index >= 15 is 0 Å². The van der Waals surface area contributed by atoms with Gasteiger partial charge in [-0.3, -0.25) is 4.79 Å². The summed E-state index contributed by atoms with van der Waals surface area (Å²) < 4.78 is 24.6.